The number of aliphatic imine (C=N–C) groups is 1. The van der Waals surface area contributed by atoms with Crippen molar-refractivity contribution in [3.05, 3.63) is 51.5 Å². The third kappa shape index (κ3) is 7.73. The Morgan fingerprint density at radius 2 is 1.96 bits per heavy atom. The molecule has 2 N–H and O–H groups in total. The summed E-state index contributed by atoms with van der Waals surface area (Å²) < 4.78 is 0. The maximum atomic E-state index is 4.68. The van der Waals surface area contributed by atoms with Gasteiger partial charge in [-0.15, -0.1) is 35.3 Å². The van der Waals surface area contributed by atoms with E-state index in [-0.39, 0.29) is 24.0 Å². The zero-order chi connectivity index (χ0) is 17.4. The van der Waals surface area contributed by atoms with E-state index in [0.29, 0.717) is 12.6 Å². The molecule has 0 amide bonds. The minimum atomic E-state index is 0. The number of hydrogen-bond donors (Lipinski definition) is 2. The molecule has 0 saturated heterocycles. The summed E-state index contributed by atoms with van der Waals surface area (Å²) in [7, 11) is 0. The molecule has 1 atom stereocenters. The van der Waals surface area contributed by atoms with Crippen LogP contribution in [0.2, 0.25) is 0 Å². The molecule has 2 aromatic rings. The largest absolute Gasteiger partial charge is 0.357 e. The second-order valence-electron chi connectivity index (χ2n) is 6.01. The normalized spacial score (nSPS) is 12.4. The van der Waals surface area contributed by atoms with Gasteiger partial charge in [0.15, 0.2) is 5.96 Å². The molecule has 6 heteroatoms. The molecular formula is C19H29IN4S. The van der Waals surface area contributed by atoms with Gasteiger partial charge in [0.25, 0.3) is 0 Å². The van der Waals surface area contributed by atoms with Gasteiger partial charge < -0.3 is 10.6 Å². The van der Waals surface area contributed by atoms with Crippen molar-refractivity contribution in [1.29, 1.82) is 0 Å². The fourth-order valence-corrected chi connectivity index (χ4v) is 3.27. The van der Waals surface area contributed by atoms with E-state index in [9.17, 15) is 0 Å². The first-order valence-corrected chi connectivity index (χ1v) is 9.41. The smallest absolute Gasteiger partial charge is 0.191 e. The highest BCUT2D eigenvalue weighted by Gasteiger charge is 2.07. The molecule has 0 fully saturated rings. The maximum absolute atomic E-state index is 4.68. The minimum Gasteiger partial charge on any atom is -0.357 e. The lowest BCUT2D eigenvalue weighted by Crippen LogP contribution is -2.42. The summed E-state index contributed by atoms with van der Waals surface area (Å²) >= 11 is 1.73. The molecule has 0 radical (unpaired) electrons. The average Bonchev–Trinajstić information content (AvgIpc) is 2.90. The first-order chi connectivity index (χ1) is 11.6. The number of thiazole rings is 1. The van der Waals surface area contributed by atoms with Gasteiger partial charge in [0.1, 0.15) is 5.01 Å². The Morgan fingerprint density at radius 1 is 1.24 bits per heavy atom. The van der Waals surface area contributed by atoms with Crippen molar-refractivity contribution < 1.29 is 0 Å². The van der Waals surface area contributed by atoms with Crippen LogP contribution in [0.4, 0.5) is 0 Å². The van der Waals surface area contributed by atoms with Crippen molar-refractivity contribution in [1.82, 2.24) is 15.6 Å². The van der Waals surface area contributed by atoms with Crippen LogP contribution < -0.4 is 10.6 Å². The summed E-state index contributed by atoms with van der Waals surface area (Å²) in [6, 6.07) is 11.0. The summed E-state index contributed by atoms with van der Waals surface area (Å²) in [6.45, 7) is 9.92. The second-order valence-corrected chi connectivity index (χ2v) is 7.30. The lowest BCUT2D eigenvalue weighted by molar-refractivity contribution is 0.593. The molecule has 0 aliphatic rings. The summed E-state index contributed by atoms with van der Waals surface area (Å²) in [6.07, 6.45) is 2.14. The molecule has 25 heavy (non-hydrogen) atoms. The number of hydrogen-bond acceptors (Lipinski definition) is 3. The Labute approximate surface area is 172 Å². The number of nitrogens with one attached hydrogen (secondary N) is 2. The third-order valence-electron chi connectivity index (χ3n) is 3.88. The van der Waals surface area contributed by atoms with Crippen LogP contribution in [-0.2, 0) is 13.0 Å². The van der Waals surface area contributed by atoms with Gasteiger partial charge in [0.2, 0.25) is 0 Å². The molecule has 1 aromatic carbocycles. The molecule has 1 heterocycles. The Morgan fingerprint density at radius 3 is 2.56 bits per heavy atom. The van der Waals surface area contributed by atoms with Gasteiger partial charge in [-0.2, -0.15) is 0 Å². The van der Waals surface area contributed by atoms with Crippen molar-refractivity contribution in [3.63, 3.8) is 0 Å². The number of benzene rings is 1. The number of guanidine groups is 1. The van der Waals surface area contributed by atoms with Gasteiger partial charge in [0.05, 0.1) is 12.2 Å². The highest BCUT2D eigenvalue weighted by molar-refractivity contribution is 14.0. The molecule has 0 saturated carbocycles. The summed E-state index contributed by atoms with van der Waals surface area (Å²) in [4.78, 5) is 10.5. The molecule has 1 unspecified atom stereocenters. The van der Waals surface area contributed by atoms with Gasteiger partial charge in [-0.3, -0.25) is 0 Å². The lowest BCUT2D eigenvalue weighted by atomic mass is 10.1. The molecule has 1 aromatic heterocycles. The van der Waals surface area contributed by atoms with E-state index in [2.05, 4.69) is 71.7 Å². The van der Waals surface area contributed by atoms with Gasteiger partial charge in [-0.05, 0) is 46.1 Å². The van der Waals surface area contributed by atoms with Gasteiger partial charge in [0, 0.05) is 17.5 Å². The number of rotatable bonds is 7. The highest BCUT2D eigenvalue weighted by atomic mass is 127. The number of nitrogens with zero attached hydrogens (tertiary/aromatic N) is 2. The van der Waals surface area contributed by atoms with E-state index < -0.39 is 0 Å². The molecule has 0 aliphatic heterocycles. The Bertz CT molecular complexity index is 635. The van der Waals surface area contributed by atoms with Crippen LogP contribution in [0.15, 0.2) is 35.3 Å². The molecule has 138 valence electrons. The van der Waals surface area contributed by atoms with Crippen molar-refractivity contribution >= 4 is 41.3 Å². The molecule has 0 aliphatic carbocycles. The second kappa shape index (κ2) is 11.5. The molecule has 4 nitrogen and oxygen atoms in total. The van der Waals surface area contributed by atoms with E-state index in [0.717, 1.165) is 36.0 Å². The third-order valence-corrected chi connectivity index (χ3v) is 4.94. The van der Waals surface area contributed by atoms with E-state index in [1.165, 1.54) is 10.4 Å². The van der Waals surface area contributed by atoms with Crippen LogP contribution in [0.5, 0.6) is 0 Å². The van der Waals surface area contributed by atoms with Crippen LogP contribution in [0, 0.1) is 13.8 Å². The van der Waals surface area contributed by atoms with Gasteiger partial charge >= 0.3 is 0 Å². The summed E-state index contributed by atoms with van der Waals surface area (Å²) in [5.41, 5.74) is 2.49. The quantitative estimate of drug-likeness (QED) is 0.356. The average molecular weight is 472 g/mol. The van der Waals surface area contributed by atoms with Crippen LogP contribution in [-0.4, -0.2) is 23.5 Å². The number of aromatic nitrogens is 1. The first-order valence-electron chi connectivity index (χ1n) is 8.60. The Kier molecular flexibility index (Phi) is 10.0. The fraction of sp³-hybridized carbons (Fsp3) is 0.474. The number of aryl methyl sites for hydroxylation is 3. The predicted molar refractivity (Wildman–Crippen MR) is 119 cm³/mol. The summed E-state index contributed by atoms with van der Waals surface area (Å²) in [5.74, 6) is 0.864. The van der Waals surface area contributed by atoms with E-state index in [1.54, 1.807) is 11.3 Å². The molecule has 2 rings (SSSR count). The Hall–Kier alpha value is -1.15. The van der Waals surface area contributed by atoms with E-state index in [1.807, 2.05) is 6.92 Å². The van der Waals surface area contributed by atoms with Crippen LogP contribution in [0.3, 0.4) is 0 Å². The summed E-state index contributed by atoms with van der Waals surface area (Å²) in [5, 5.41) is 7.88. The van der Waals surface area contributed by atoms with Crippen molar-refractivity contribution in [3.8, 4) is 0 Å². The van der Waals surface area contributed by atoms with Gasteiger partial charge in [-0.1, -0.05) is 30.3 Å². The predicted octanol–water partition coefficient (Wildman–Crippen LogP) is 4.45. The molecule has 0 bridgehead atoms. The van der Waals surface area contributed by atoms with Gasteiger partial charge in [-0.25, -0.2) is 9.98 Å². The highest BCUT2D eigenvalue weighted by Crippen LogP contribution is 2.17. The SMILES string of the molecule is CCNC(=NCc1nc(C)c(C)s1)NC(C)CCc1ccccc1.I. The van der Waals surface area contributed by atoms with Crippen molar-refractivity contribution in [2.24, 2.45) is 4.99 Å². The standard InChI is InChI=1S/C19H28N4S.HI/c1-5-20-19(21-13-18-23-15(3)16(4)24-18)22-14(2)11-12-17-9-7-6-8-10-17;/h6-10,14H,5,11-13H2,1-4H3,(H2,20,21,22);1H. The Balaban J connectivity index is 0.00000312. The topological polar surface area (TPSA) is 49.3 Å². The van der Waals surface area contributed by atoms with E-state index >= 15 is 0 Å². The lowest BCUT2D eigenvalue weighted by Gasteiger charge is -2.17. The van der Waals surface area contributed by atoms with Crippen LogP contribution >= 0.6 is 35.3 Å². The molecule has 0 spiro atoms. The number of halogens is 1. The van der Waals surface area contributed by atoms with E-state index in [4.69, 9.17) is 0 Å². The zero-order valence-electron chi connectivity index (χ0n) is 15.5. The maximum Gasteiger partial charge on any atom is 0.191 e. The fourth-order valence-electron chi connectivity index (χ4n) is 2.41. The monoisotopic (exact) mass is 472 g/mol. The van der Waals surface area contributed by atoms with Crippen LogP contribution in [0.1, 0.15) is 41.4 Å². The molecular weight excluding hydrogens is 443 g/mol. The van der Waals surface area contributed by atoms with Crippen molar-refractivity contribution in [2.45, 2.75) is 53.1 Å². The zero-order valence-corrected chi connectivity index (χ0v) is 18.7. The first kappa shape index (κ1) is 21.9. The van der Waals surface area contributed by atoms with Crippen LogP contribution in [0.25, 0.3) is 0 Å². The minimum absolute atomic E-state index is 0. The van der Waals surface area contributed by atoms with Crippen molar-refractivity contribution in [2.75, 3.05) is 6.54 Å².